The van der Waals surface area contributed by atoms with E-state index in [9.17, 15) is 4.39 Å². The standard InChI is InChI=1S/C15H12BrClFNO/c16-11-5-8(1-3-12(11)18)15-7-13(19)10-6-9(17)2-4-14(10)20-15/h1-6,13,15H,7,19H2/t13-,15?/m1/s1. The number of benzene rings is 2. The van der Waals surface area contributed by atoms with Crippen molar-refractivity contribution in [2.45, 2.75) is 18.6 Å². The zero-order valence-corrected chi connectivity index (χ0v) is 12.8. The summed E-state index contributed by atoms with van der Waals surface area (Å²) in [6.45, 7) is 0. The van der Waals surface area contributed by atoms with E-state index in [1.54, 1.807) is 18.2 Å². The molecule has 2 aromatic rings. The first-order valence-corrected chi connectivity index (χ1v) is 7.38. The molecule has 2 nitrogen and oxygen atoms in total. The van der Waals surface area contributed by atoms with Crippen molar-refractivity contribution < 1.29 is 9.13 Å². The van der Waals surface area contributed by atoms with Crippen molar-refractivity contribution in [3.05, 3.63) is 62.8 Å². The molecule has 20 heavy (non-hydrogen) atoms. The third-order valence-electron chi connectivity index (χ3n) is 3.42. The van der Waals surface area contributed by atoms with Crippen LogP contribution in [0.1, 0.15) is 29.7 Å². The maximum Gasteiger partial charge on any atom is 0.137 e. The fourth-order valence-electron chi connectivity index (χ4n) is 2.39. The molecule has 0 amide bonds. The van der Waals surface area contributed by atoms with Crippen molar-refractivity contribution in [3.8, 4) is 5.75 Å². The third-order valence-corrected chi connectivity index (χ3v) is 4.27. The Morgan fingerprint density at radius 2 is 2.05 bits per heavy atom. The molecular weight excluding hydrogens is 345 g/mol. The van der Waals surface area contributed by atoms with Gasteiger partial charge >= 0.3 is 0 Å². The van der Waals surface area contributed by atoms with E-state index in [0.29, 0.717) is 15.9 Å². The van der Waals surface area contributed by atoms with E-state index in [-0.39, 0.29) is 18.0 Å². The van der Waals surface area contributed by atoms with Crippen LogP contribution in [-0.2, 0) is 0 Å². The first-order chi connectivity index (χ1) is 9.54. The third kappa shape index (κ3) is 2.55. The predicted octanol–water partition coefficient (Wildman–Crippen LogP) is 4.77. The smallest absolute Gasteiger partial charge is 0.137 e. The Kier molecular flexibility index (Phi) is 3.71. The van der Waals surface area contributed by atoms with Crippen LogP contribution in [0.2, 0.25) is 5.02 Å². The monoisotopic (exact) mass is 355 g/mol. The second-order valence-electron chi connectivity index (χ2n) is 4.80. The van der Waals surface area contributed by atoms with Crippen molar-refractivity contribution >= 4 is 27.5 Å². The average molecular weight is 357 g/mol. The molecule has 104 valence electrons. The largest absolute Gasteiger partial charge is 0.485 e. The Morgan fingerprint density at radius 1 is 1.25 bits per heavy atom. The van der Waals surface area contributed by atoms with Crippen LogP contribution in [0.5, 0.6) is 5.75 Å². The first kappa shape index (κ1) is 13.9. The lowest BCUT2D eigenvalue weighted by molar-refractivity contribution is 0.161. The van der Waals surface area contributed by atoms with Crippen LogP contribution in [0.15, 0.2) is 40.9 Å². The van der Waals surface area contributed by atoms with Crippen LogP contribution in [0.25, 0.3) is 0 Å². The molecule has 0 aliphatic carbocycles. The molecule has 0 fully saturated rings. The Bertz CT molecular complexity index is 664. The highest BCUT2D eigenvalue weighted by molar-refractivity contribution is 9.10. The van der Waals surface area contributed by atoms with Crippen LogP contribution in [-0.4, -0.2) is 0 Å². The van der Waals surface area contributed by atoms with Crippen molar-refractivity contribution in [3.63, 3.8) is 0 Å². The van der Waals surface area contributed by atoms with Gasteiger partial charge in [0.05, 0.1) is 4.47 Å². The van der Waals surface area contributed by atoms with Gasteiger partial charge in [-0.1, -0.05) is 17.7 Å². The summed E-state index contributed by atoms with van der Waals surface area (Å²) in [5.74, 6) is 0.444. The first-order valence-electron chi connectivity index (χ1n) is 6.21. The number of halogens is 3. The van der Waals surface area contributed by atoms with Gasteiger partial charge in [-0.15, -0.1) is 0 Å². The summed E-state index contributed by atoms with van der Waals surface area (Å²) < 4.78 is 19.7. The van der Waals surface area contributed by atoms with Crippen LogP contribution in [0, 0.1) is 5.82 Å². The number of rotatable bonds is 1. The van der Waals surface area contributed by atoms with E-state index in [1.165, 1.54) is 6.07 Å². The maximum atomic E-state index is 13.3. The van der Waals surface area contributed by atoms with Gasteiger partial charge in [0, 0.05) is 23.0 Å². The molecule has 5 heteroatoms. The lowest BCUT2D eigenvalue weighted by Crippen LogP contribution is -2.24. The zero-order chi connectivity index (χ0) is 14.3. The molecule has 2 aromatic carbocycles. The minimum Gasteiger partial charge on any atom is -0.485 e. The predicted molar refractivity (Wildman–Crippen MR) is 80.5 cm³/mol. The van der Waals surface area contributed by atoms with Crippen molar-refractivity contribution in [2.24, 2.45) is 5.73 Å². The van der Waals surface area contributed by atoms with Crippen molar-refractivity contribution in [1.29, 1.82) is 0 Å². The summed E-state index contributed by atoms with van der Waals surface area (Å²) in [5, 5.41) is 0.644. The molecule has 2 N–H and O–H groups in total. The van der Waals surface area contributed by atoms with Crippen LogP contribution in [0.3, 0.4) is 0 Å². The van der Waals surface area contributed by atoms with E-state index in [0.717, 1.165) is 16.9 Å². The summed E-state index contributed by atoms with van der Waals surface area (Å²) in [4.78, 5) is 0. The van der Waals surface area contributed by atoms with E-state index in [4.69, 9.17) is 22.1 Å². The van der Waals surface area contributed by atoms with Gasteiger partial charge in [-0.3, -0.25) is 0 Å². The summed E-state index contributed by atoms with van der Waals surface area (Å²) in [6, 6.07) is 10.2. The Morgan fingerprint density at radius 3 is 2.80 bits per heavy atom. The lowest BCUT2D eigenvalue weighted by atomic mass is 9.93. The molecule has 0 saturated carbocycles. The molecule has 0 aromatic heterocycles. The molecular formula is C15H12BrClFNO. The molecule has 1 aliphatic rings. The van der Waals surface area contributed by atoms with Gasteiger partial charge < -0.3 is 10.5 Å². The fourth-order valence-corrected chi connectivity index (χ4v) is 2.97. The number of hydrogen-bond donors (Lipinski definition) is 1. The average Bonchev–Trinajstić information content (AvgIpc) is 2.42. The minimum absolute atomic E-state index is 0.147. The van der Waals surface area contributed by atoms with Gasteiger partial charge in [-0.05, 0) is 51.8 Å². The van der Waals surface area contributed by atoms with Crippen molar-refractivity contribution in [1.82, 2.24) is 0 Å². The van der Waals surface area contributed by atoms with Gasteiger partial charge in [0.1, 0.15) is 17.7 Å². The van der Waals surface area contributed by atoms with Gasteiger partial charge in [-0.2, -0.15) is 0 Å². The number of hydrogen-bond acceptors (Lipinski definition) is 2. The summed E-state index contributed by atoms with van der Waals surface area (Å²) in [7, 11) is 0. The van der Waals surface area contributed by atoms with E-state index in [2.05, 4.69) is 15.9 Å². The highest BCUT2D eigenvalue weighted by atomic mass is 79.9. The van der Waals surface area contributed by atoms with Gasteiger partial charge in [0.15, 0.2) is 0 Å². The number of ether oxygens (including phenoxy) is 1. The lowest BCUT2D eigenvalue weighted by Gasteiger charge is -2.30. The molecule has 0 bridgehead atoms. The van der Waals surface area contributed by atoms with E-state index < -0.39 is 0 Å². The van der Waals surface area contributed by atoms with Gasteiger partial charge in [0.25, 0.3) is 0 Å². The highest BCUT2D eigenvalue weighted by Gasteiger charge is 2.27. The van der Waals surface area contributed by atoms with Gasteiger partial charge in [0.2, 0.25) is 0 Å². The van der Waals surface area contributed by atoms with Crippen molar-refractivity contribution in [2.75, 3.05) is 0 Å². The number of nitrogens with two attached hydrogens (primary N) is 1. The Hall–Kier alpha value is -1.10. The molecule has 0 spiro atoms. The quantitative estimate of drug-likeness (QED) is 0.799. The van der Waals surface area contributed by atoms with E-state index >= 15 is 0 Å². The number of fused-ring (bicyclic) bond motifs is 1. The summed E-state index contributed by atoms with van der Waals surface area (Å²) in [6.07, 6.45) is 0.446. The molecule has 3 rings (SSSR count). The van der Waals surface area contributed by atoms with Crippen LogP contribution < -0.4 is 10.5 Å². The molecule has 2 atom stereocenters. The molecule has 0 radical (unpaired) electrons. The fraction of sp³-hybridized carbons (Fsp3) is 0.200. The van der Waals surface area contributed by atoms with E-state index in [1.807, 2.05) is 12.1 Å². The van der Waals surface area contributed by atoms with Gasteiger partial charge in [-0.25, -0.2) is 4.39 Å². The highest BCUT2D eigenvalue weighted by Crippen LogP contribution is 2.41. The van der Waals surface area contributed by atoms with Crippen LogP contribution in [0.4, 0.5) is 4.39 Å². The maximum absolute atomic E-state index is 13.3. The zero-order valence-electron chi connectivity index (χ0n) is 10.4. The second kappa shape index (κ2) is 5.35. The topological polar surface area (TPSA) is 35.2 Å². The molecule has 1 aliphatic heterocycles. The minimum atomic E-state index is -0.291. The SMILES string of the molecule is N[C@@H]1CC(c2ccc(F)c(Br)c2)Oc2ccc(Cl)cc21. The second-order valence-corrected chi connectivity index (χ2v) is 6.10. The Labute approximate surface area is 129 Å². The molecule has 0 saturated heterocycles. The normalized spacial score (nSPS) is 21.2. The summed E-state index contributed by atoms with van der Waals surface area (Å²) >= 11 is 9.16. The molecule has 1 heterocycles. The molecule has 1 unspecified atom stereocenters. The Balaban J connectivity index is 1.94. The summed E-state index contributed by atoms with van der Waals surface area (Å²) in [5.41, 5.74) is 8.00. The van der Waals surface area contributed by atoms with Crippen LogP contribution >= 0.6 is 27.5 Å².